The number of nitrogens with one attached hydrogen (secondary N) is 1. The third-order valence-electron chi connectivity index (χ3n) is 4.31. The van der Waals surface area contributed by atoms with Crippen LogP contribution in [0.25, 0.3) is 22.0 Å². The second kappa shape index (κ2) is 5.21. The molecule has 0 atom stereocenters. The number of nitrogens with zero attached hydrogens (tertiary/aromatic N) is 1. The van der Waals surface area contributed by atoms with E-state index in [1.165, 1.54) is 23.9 Å². The summed E-state index contributed by atoms with van der Waals surface area (Å²) in [5.74, 6) is -1.05. The van der Waals surface area contributed by atoms with Crippen molar-refractivity contribution >= 4 is 10.9 Å². The van der Waals surface area contributed by atoms with Crippen LogP contribution in [0.15, 0.2) is 42.5 Å². The summed E-state index contributed by atoms with van der Waals surface area (Å²) in [6.45, 7) is 2.83. The number of rotatable bonds is 1. The quantitative estimate of drug-likeness (QED) is 0.724. The van der Waals surface area contributed by atoms with Gasteiger partial charge >= 0.3 is 0 Å². The molecule has 0 amide bonds. The van der Waals surface area contributed by atoms with E-state index in [1.54, 1.807) is 6.07 Å². The molecule has 4 heteroatoms. The van der Waals surface area contributed by atoms with E-state index in [1.807, 2.05) is 12.1 Å². The molecule has 4 rings (SSSR count). The number of halogens is 2. The third kappa shape index (κ3) is 2.11. The highest BCUT2D eigenvalue weighted by atomic mass is 19.1. The minimum atomic E-state index is -0.524. The zero-order chi connectivity index (χ0) is 15.1. The monoisotopic (exact) mass is 298 g/mol. The van der Waals surface area contributed by atoms with Crippen LogP contribution in [0.3, 0.4) is 0 Å². The molecule has 1 aliphatic rings. The fourth-order valence-corrected chi connectivity index (χ4v) is 3.26. The van der Waals surface area contributed by atoms with Crippen molar-refractivity contribution in [3.63, 3.8) is 0 Å². The van der Waals surface area contributed by atoms with Crippen molar-refractivity contribution in [2.75, 3.05) is 13.1 Å². The van der Waals surface area contributed by atoms with Gasteiger partial charge in [-0.15, -0.1) is 0 Å². The van der Waals surface area contributed by atoms with Gasteiger partial charge in [-0.05, 0) is 35.9 Å². The van der Waals surface area contributed by atoms with E-state index in [-0.39, 0.29) is 5.56 Å². The van der Waals surface area contributed by atoms with Gasteiger partial charge in [0, 0.05) is 42.7 Å². The van der Waals surface area contributed by atoms with Gasteiger partial charge < -0.3 is 9.88 Å². The Morgan fingerprint density at radius 2 is 1.77 bits per heavy atom. The van der Waals surface area contributed by atoms with Crippen LogP contribution in [0.4, 0.5) is 8.78 Å². The molecule has 0 aliphatic carbocycles. The molecule has 1 aromatic heterocycles. The topological polar surface area (TPSA) is 17.0 Å². The Bertz CT molecular complexity index is 831. The Morgan fingerprint density at radius 1 is 0.955 bits per heavy atom. The number of hydrogen-bond acceptors (Lipinski definition) is 1. The summed E-state index contributed by atoms with van der Waals surface area (Å²) >= 11 is 0. The predicted octanol–water partition coefficient (Wildman–Crippen LogP) is 3.73. The van der Waals surface area contributed by atoms with Gasteiger partial charge in [-0.3, -0.25) is 0 Å². The summed E-state index contributed by atoms with van der Waals surface area (Å²) < 4.78 is 30.2. The van der Waals surface area contributed by atoms with Crippen LogP contribution in [0.5, 0.6) is 0 Å². The van der Waals surface area contributed by atoms with Crippen molar-refractivity contribution in [2.24, 2.45) is 0 Å². The summed E-state index contributed by atoms with van der Waals surface area (Å²) in [6.07, 6.45) is 0.970. The van der Waals surface area contributed by atoms with Crippen LogP contribution in [0.1, 0.15) is 5.69 Å². The fraction of sp³-hybridized carbons (Fsp3) is 0.222. The number of benzene rings is 2. The second-order valence-electron chi connectivity index (χ2n) is 5.66. The van der Waals surface area contributed by atoms with Crippen molar-refractivity contribution in [3.8, 4) is 11.1 Å². The first-order chi connectivity index (χ1) is 10.7. The van der Waals surface area contributed by atoms with Crippen LogP contribution in [0, 0.1) is 11.6 Å². The molecule has 0 fully saturated rings. The molecule has 0 saturated heterocycles. The molecule has 1 aliphatic heterocycles. The highest BCUT2D eigenvalue weighted by molar-refractivity contribution is 5.86. The molecule has 112 valence electrons. The maximum atomic E-state index is 14.0. The van der Waals surface area contributed by atoms with Crippen LogP contribution in [-0.4, -0.2) is 17.7 Å². The summed E-state index contributed by atoms with van der Waals surface area (Å²) in [7, 11) is 0. The van der Waals surface area contributed by atoms with Crippen LogP contribution >= 0.6 is 0 Å². The lowest BCUT2D eigenvalue weighted by Crippen LogP contribution is -2.17. The van der Waals surface area contributed by atoms with E-state index < -0.39 is 11.6 Å². The first-order valence-electron chi connectivity index (χ1n) is 7.51. The summed E-state index contributed by atoms with van der Waals surface area (Å²) in [5, 5.41) is 4.42. The van der Waals surface area contributed by atoms with Crippen molar-refractivity contribution in [3.05, 3.63) is 59.8 Å². The van der Waals surface area contributed by atoms with Gasteiger partial charge in [0.15, 0.2) is 0 Å². The lowest BCUT2D eigenvalue weighted by molar-refractivity contribution is 0.589. The molecule has 2 nitrogen and oxygen atoms in total. The number of fused-ring (bicyclic) bond motifs is 3. The van der Waals surface area contributed by atoms with Gasteiger partial charge in [0.2, 0.25) is 0 Å². The Hall–Kier alpha value is -2.20. The largest absolute Gasteiger partial charge is 0.343 e. The van der Waals surface area contributed by atoms with Crippen molar-refractivity contribution < 1.29 is 8.78 Å². The predicted molar refractivity (Wildman–Crippen MR) is 83.9 cm³/mol. The van der Waals surface area contributed by atoms with Gasteiger partial charge in [-0.25, -0.2) is 8.78 Å². The average molecular weight is 298 g/mol. The van der Waals surface area contributed by atoms with E-state index in [9.17, 15) is 8.78 Å². The average Bonchev–Trinajstić information content (AvgIpc) is 2.68. The molecule has 0 spiro atoms. The first kappa shape index (κ1) is 13.5. The Balaban J connectivity index is 1.88. The normalized spacial score (nSPS) is 14.8. The van der Waals surface area contributed by atoms with Gasteiger partial charge in [0.25, 0.3) is 0 Å². The van der Waals surface area contributed by atoms with Crippen LogP contribution in [-0.2, 0) is 13.0 Å². The lowest BCUT2D eigenvalue weighted by Gasteiger charge is -2.08. The Kier molecular flexibility index (Phi) is 3.19. The molecule has 0 saturated carbocycles. The minimum Gasteiger partial charge on any atom is -0.343 e. The molecule has 0 bridgehead atoms. The van der Waals surface area contributed by atoms with E-state index >= 15 is 0 Å². The number of hydrogen-bond donors (Lipinski definition) is 1. The summed E-state index contributed by atoms with van der Waals surface area (Å²) in [4.78, 5) is 0. The van der Waals surface area contributed by atoms with E-state index in [0.29, 0.717) is 5.56 Å². The van der Waals surface area contributed by atoms with Gasteiger partial charge in [0.05, 0.1) is 5.56 Å². The van der Waals surface area contributed by atoms with E-state index in [0.717, 1.165) is 37.0 Å². The van der Waals surface area contributed by atoms with E-state index in [2.05, 4.69) is 16.0 Å². The third-order valence-corrected chi connectivity index (χ3v) is 4.31. The summed E-state index contributed by atoms with van der Waals surface area (Å²) in [5.41, 5.74) is 3.03. The molecule has 3 aromatic rings. The smallest absolute Gasteiger partial charge is 0.133 e. The Labute approximate surface area is 127 Å². The van der Waals surface area contributed by atoms with Crippen LogP contribution < -0.4 is 5.32 Å². The molecular formula is C18H16F2N2. The zero-order valence-electron chi connectivity index (χ0n) is 12.1. The highest BCUT2D eigenvalue weighted by Crippen LogP contribution is 2.30. The minimum absolute atomic E-state index is 0.0486. The van der Waals surface area contributed by atoms with Crippen molar-refractivity contribution in [2.45, 2.75) is 13.0 Å². The number of aromatic nitrogens is 1. The second-order valence-corrected chi connectivity index (χ2v) is 5.66. The maximum absolute atomic E-state index is 14.0. The molecule has 2 aromatic carbocycles. The summed E-state index contributed by atoms with van der Waals surface area (Å²) in [6, 6.07) is 11.8. The molecule has 0 unspecified atom stereocenters. The molecular weight excluding hydrogens is 282 g/mol. The lowest BCUT2D eigenvalue weighted by atomic mass is 10.0. The van der Waals surface area contributed by atoms with Gasteiger partial charge in [-0.2, -0.15) is 0 Å². The van der Waals surface area contributed by atoms with Gasteiger partial charge in [0.1, 0.15) is 11.6 Å². The SMILES string of the molecule is Fc1cccc(F)c1-c1ccc2c(c1)cc1n2CCNCC1. The Morgan fingerprint density at radius 3 is 2.59 bits per heavy atom. The molecule has 1 N–H and O–H groups in total. The van der Waals surface area contributed by atoms with Crippen molar-refractivity contribution in [1.29, 1.82) is 0 Å². The standard InChI is InChI=1S/C18H16F2N2/c19-15-2-1-3-16(20)18(15)12-4-5-17-13(10-12)11-14-6-7-21-8-9-22(14)17/h1-5,10-11,21H,6-9H2. The highest BCUT2D eigenvalue weighted by Gasteiger charge is 2.15. The van der Waals surface area contributed by atoms with E-state index in [4.69, 9.17) is 0 Å². The molecule has 22 heavy (non-hydrogen) atoms. The maximum Gasteiger partial charge on any atom is 0.133 e. The first-order valence-corrected chi connectivity index (χ1v) is 7.51. The van der Waals surface area contributed by atoms with Crippen LogP contribution in [0.2, 0.25) is 0 Å². The molecule has 2 heterocycles. The molecule has 0 radical (unpaired) electrons. The zero-order valence-corrected chi connectivity index (χ0v) is 12.1. The van der Waals surface area contributed by atoms with Crippen molar-refractivity contribution in [1.82, 2.24) is 9.88 Å². The fourth-order valence-electron chi connectivity index (χ4n) is 3.26. The van der Waals surface area contributed by atoms with Gasteiger partial charge in [-0.1, -0.05) is 12.1 Å².